The third-order valence-electron chi connectivity index (χ3n) is 12.3. The lowest BCUT2D eigenvalue weighted by molar-refractivity contribution is -0.221. The van der Waals surface area contributed by atoms with Crippen LogP contribution in [0.3, 0.4) is 0 Å². The molecular weight excluding hydrogens is 504 g/mol. The molecule has 7 saturated carbocycles. The molecule has 7 aliphatic carbocycles. The largest absolute Gasteiger partial charge is 0.0622 e. The van der Waals surface area contributed by atoms with Gasteiger partial charge in [0.1, 0.15) is 0 Å². The van der Waals surface area contributed by atoms with Gasteiger partial charge in [0.2, 0.25) is 0 Å². The van der Waals surface area contributed by atoms with E-state index in [1.54, 1.807) is 11.1 Å². The van der Waals surface area contributed by atoms with Crippen LogP contribution in [0.25, 0.3) is 0 Å². The first-order valence-electron chi connectivity index (χ1n) is 16.0. The normalized spacial score (nSPS) is 34.4. The monoisotopic (exact) mass is 540 g/mol. The van der Waals surface area contributed by atoms with E-state index in [-0.39, 0.29) is 0 Å². The van der Waals surface area contributed by atoms with Crippen LogP contribution in [-0.2, 0) is 10.8 Å². The molecule has 0 heterocycles. The molecule has 8 bridgehead atoms. The van der Waals surface area contributed by atoms with Crippen LogP contribution in [-0.4, -0.2) is 0 Å². The van der Waals surface area contributed by atoms with Crippen molar-refractivity contribution in [2.45, 2.75) is 49.4 Å². The molecular formula is C42H36. The first-order valence-corrected chi connectivity index (χ1v) is 16.0. The molecule has 0 heteroatoms. The summed E-state index contributed by atoms with van der Waals surface area (Å²) in [6.07, 6.45) is 8.51. The number of rotatable bonds is 2. The van der Waals surface area contributed by atoms with Crippen molar-refractivity contribution in [3.63, 3.8) is 0 Å². The summed E-state index contributed by atoms with van der Waals surface area (Å²) in [7, 11) is 0. The Morgan fingerprint density at radius 3 is 0.881 bits per heavy atom. The fraction of sp³-hybridized carbons (Fsp3) is 0.333. The van der Waals surface area contributed by atoms with Gasteiger partial charge in [0.25, 0.3) is 0 Å². The van der Waals surface area contributed by atoms with Gasteiger partial charge >= 0.3 is 0 Å². The molecule has 11 rings (SSSR count). The van der Waals surface area contributed by atoms with Crippen LogP contribution in [0.5, 0.6) is 0 Å². The summed E-state index contributed by atoms with van der Waals surface area (Å²) in [4.78, 5) is 0. The Kier molecular flexibility index (Phi) is 5.41. The summed E-state index contributed by atoms with van der Waals surface area (Å²) in [6, 6.07) is 39.5. The Labute approximate surface area is 250 Å². The van der Waals surface area contributed by atoms with Gasteiger partial charge in [-0.05, 0) is 145 Å². The molecule has 0 N–H and O–H groups in total. The second-order valence-corrected chi connectivity index (χ2v) is 14.2. The van der Waals surface area contributed by atoms with Crippen molar-refractivity contribution in [2.24, 2.45) is 35.5 Å². The summed E-state index contributed by atoms with van der Waals surface area (Å²) >= 11 is 0. The van der Waals surface area contributed by atoms with Gasteiger partial charge in [0, 0.05) is 22.3 Å². The molecule has 0 spiro atoms. The van der Waals surface area contributed by atoms with Crippen molar-refractivity contribution in [1.29, 1.82) is 0 Å². The van der Waals surface area contributed by atoms with E-state index in [4.69, 9.17) is 0 Å². The van der Waals surface area contributed by atoms with Crippen LogP contribution in [0.1, 0.15) is 71.9 Å². The SMILES string of the molecule is C(#Cc1ccc(C23CC4C5CC6(c7ccc(C#Cc8ccccc8)cc7)CC4C(C2)C(C6)C5C3)cc1)c1ccccc1. The van der Waals surface area contributed by atoms with E-state index in [1.807, 2.05) is 12.1 Å². The summed E-state index contributed by atoms with van der Waals surface area (Å²) < 4.78 is 0. The minimum atomic E-state index is 0.408. The Bertz CT molecular complexity index is 1550. The van der Waals surface area contributed by atoms with Gasteiger partial charge in [0.05, 0.1) is 0 Å². The van der Waals surface area contributed by atoms with Crippen molar-refractivity contribution in [1.82, 2.24) is 0 Å². The average molecular weight is 541 g/mol. The second kappa shape index (κ2) is 9.25. The van der Waals surface area contributed by atoms with Gasteiger partial charge in [0.15, 0.2) is 0 Å². The zero-order valence-electron chi connectivity index (χ0n) is 24.1. The number of hydrogen-bond acceptors (Lipinski definition) is 0. The topological polar surface area (TPSA) is 0 Å². The highest BCUT2D eigenvalue weighted by Gasteiger charge is 2.70. The van der Waals surface area contributed by atoms with Crippen molar-refractivity contribution in [3.8, 4) is 23.7 Å². The van der Waals surface area contributed by atoms with Gasteiger partial charge in [-0.25, -0.2) is 0 Å². The van der Waals surface area contributed by atoms with E-state index in [2.05, 4.69) is 121 Å². The average Bonchev–Trinajstić information content (AvgIpc) is 3.06. The van der Waals surface area contributed by atoms with E-state index >= 15 is 0 Å². The molecule has 0 aromatic heterocycles. The lowest BCUT2D eigenvalue weighted by Gasteiger charge is -2.75. The van der Waals surface area contributed by atoms with Crippen molar-refractivity contribution >= 4 is 0 Å². The van der Waals surface area contributed by atoms with Crippen LogP contribution in [0.15, 0.2) is 109 Å². The van der Waals surface area contributed by atoms with Gasteiger partial charge in [-0.3, -0.25) is 0 Å². The molecule has 0 atom stereocenters. The maximum Gasteiger partial charge on any atom is 0.0249 e. The summed E-state index contributed by atoms with van der Waals surface area (Å²) in [6.45, 7) is 0. The van der Waals surface area contributed by atoms with E-state index in [9.17, 15) is 0 Å². The number of benzene rings is 4. The third-order valence-corrected chi connectivity index (χ3v) is 12.3. The van der Waals surface area contributed by atoms with Crippen molar-refractivity contribution in [2.75, 3.05) is 0 Å². The van der Waals surface area contributed by atoms with Crippen LogP contribution >= 0.6 is 0 Å². The second-order valence-electron chi connectivity index (χ2n) is 14.2. The first kappa shape index (κ1) is 24.6. The molecule has 0 aliphatic heterocycles. The summed E-state index contributed by atoms with van der Waals surface area (Å²) in [5, 5.41) is 0. The number of hydrogen-bond donors (Lipinski definition) is 0. The molecule has 7 fully saturated rings. The van der Waals surface area contributed by atoms with E-state index < -0.39 is 0 Å². The highest BCUT2D eigenvalue weighted by Crippen LogP contribution is 2.77. The molecule has 42 heavy (non-hydrogen) atoms. The molecule has 0 amide bonds. The molecule has 204 valence electrons. The lowest BCUT2D eigenvalue weighted by atomic mass is 9.29. The maximum atomic E-state index is 3.39. The van der Waals surface area contributed by atoms with Crippen LogP contribution in [0.4, 0.5) is 0 Å². The predicted octanol–water partition coefficient (Wildman–Crippen LogP) is 8.77. The first-order chi connectivity index (χ1) is 20.7. The molecule has 0 nitrogen and oxygen atoms in total. The standard InChI is InChI=1S/C42H36/c1-3-7-29(8-4-1)11-13-31-15-19-33(20-16-31)41-23-35-38-26-42(27-39(35)37(25-41)40(28-42)36(38)24-41)34-21-17-32(18-22-34)14-12-30-9-5-2-6-10-30/h1-10,15-22,35-40H,23-28H2. The quantitative estimate of drug-likeness (QED) is 0.223. The Morgan fingerprint density at radius 2 is 0.595 bits per heavy atom. The van der Waals surface area contributed by atoms with E-state index in [1.165, 1.54) is 38.5 Å². The summed E-state index contributed by atoms with van der Waals surface area (Å²) in [5.41, 5.74) is 8.44. The predicted molar refractivity (Wildman–Crippen MR) is 170 cm³/mol. The minimum Gasteiger partial charge on any atom is -0.0622 e. The fourth-order valence-corrected chi connectivity index (χ4v) is 10.8. The fourth-order valence-electron chi connectivity index (χ4n) is 10.8. The zero-order chi connectivity index (χ0) is 27.7. The molecule has 7 aliphatic rings. The van der Waals surface area contributed by atoms with Crippen LogP contribution in [0, 0.1) is 59.2 Å². The lowest BCUT2D eigenvalue weighted by Crippen LogP contribution is -2.69. The Hall–Kier alpha value is -4.00. The van der Waals surface area contributed by atoms with Gasteiger partial charge in [-0.1, -0.05) is 84.3 Å². The molecule has 0 radical (unpaired) electrons. The molecule has 4 aromatic carbocycles. The zero-order valence-corrected chi connectivity index (χ0v) is 24.1. The van der Waals surface area contributed by atoms with Crippen molar-refractivity contribution < 1.29 is 0 Å². The van der Waals surface area contributed by atoms with E-state index in [0.29, 0.717) is 10.8 Å². The highest BCUT2D eigenvalue weighted by molar-refractivity contribution is 5.47. The minimum absolute atomic E-state index is 0.408. The molecule has 0 saturated heterocycles. The van der Waals surface area contributed by atoms with E-state index in [0.717, 1.165) is 57.8 Å². The Morgan fingerprint density at radius 1 is 0.333 bits per heavy atom. The third kappa shape index (κ3) is 3.78. The van der Waals surface area contributed by atoms with Crippen LogP contribution < -0.4 is 0 Å². The molecule has 0 unspecified atom stereocenters. The smallest absolute Gasteiger partial charge is 0.0249 e. The van der Waals surface area contributed by atoms with Crippen LogP contribution in [0.2, 0.25) is 0 Å². The van der Waals surface area contributed by atoms with Gasteiger partial charge in [-0.15, -0.1) is 0 Å². The summed E-state index contributed by atoms with van der Waals surface area (Å²) in [5.74, 6) is 19.0. The van der Waals surface area contributed by atoms with Crippen molar-refractivity contribution in [3.05, 3.63) is 143 Å². The van der Waals surface area contributed by atoms with Gasteiger partial charge in [-0.2, -0.15) is 0 Å². The highest BCUT2D eigenvalue weighted by atomic mass is 14.7. The molecule has 4 aromatic rings. The maximum absolute atomic E-state index is 3.39. The Balaban J connectivity index is 0.948. The van der Waals surface area contributed by atoms with Gasteiger partial charge < -0.3 is 0 Å².